The maximum absolute atomic E-state index is 5.70. The number of hydrogen-bond donors (Lipinski definition) is 0. The highest BCUT2D eigenvalue weighted by molar-refractivity contribution is 4.84. The molecule has 0 N–H and O–H groups in total. The summed E-state index contributed by atoms with van der Waals surface area (Å²) < 4.78 is 5.70. The lowest BCUT2D eigenvalue weighted by molar-refractivity contribution is 0.193. The molecular weight excluding hydrogens is 448 g/mol. The molecule has 0 aromatic heterocycles. The van der Waals surface area contributed by atoms with E-state index in [4.69, 9.17) is 4.74 Å². The number of unbranched alkanes of at least 4 members (excludes halogenated alkanes) is 26. The molecular formula is C36H70O. The van der Waals surface area contributed by atoms with E-state index in [0.29, 0.717) is 0 Å². The van der Waals surface area contributed by atoms with Crippen LogP contribution < -0.4 is 0 Å². The summed E-state index contributed by atoms with van der Waals surface area (Å²) in [5, 5.41) is 0. The molecule has 0 aromatic carbocycles. The second-order valence-electron chi connectivity index (χ2n) is 11.5. The molecule has 0 aliphatic heterocycles. The normalized spacial score (nSPS) is 11.9. The molecule has 0 radical (unpaired) electrons. The lowest BCUT2D eigenvalue weighted by Gasteiger charge is -2.02. The lowest BCUT2D eigenvalue weighted by atomic mass is 10.0. The van der Waals surface area contributed by atoms with Crippen molar-refractivity contribution in [2.45, 2.75) is 194 Å². The standard InChI is InChI=1S/C36H70O/c1-3-5-7-9-11-13-15-17-19-21-23-25-27-29-31-33-35-37-36-34-32-30-28-26-24-22-20-18-16-14-12-10-8-6-4-2/h31-34H,3-30,35-36H2,1-2H3. The van der Waals surface area contributed by atoms with Crippen molar-refractivity contribution in [1.29, 1.82) is 0 Å². The molecule has 0 bridgehead atoms. The van der Waals surface area contributed by atoms with Crippen LogP contribution >= 0.6 is 0 Å². The highest BCUT2D eigenvalue weighted by atomic mass is 16.5. The van der Waals surface area contributed by atoms with Gasteiger partial charge >= 0.3 is 0 Å². The van der Waals surface area contributed by atoms with E-state index in [1.54, 1.807) is 0 Å². The predicted octanol–water partition coefficient (Wildman–Crippen LogP) is 13.1. The summed E-state index contributed by atoms with van der Waals surface area (Å²) in [7, 11) is 0. The van der Waals surface area contributed by atoms with Crippen LogP contribution in [-0.4, -0.2) is 13.2 Å². The van der Waals surface area contributed by atoms with Gasteiger partial charge in [0.05, 0.1) is 13.2 Å². The third kappa shape index (κ3) is 35.4. The van der Waals surface area contributed by atoms with Gasteiger partial charge in [-0.1, -0.05) is 192 Å². The van der Waals surface area contributed by atoms with E-state index in [1.807, 2.05) is 0 Å². The smallest absolute Gasteiger partial charge is 0.0651 e. The zero-order chi connectivity index (χ0) is 26.7. The third-order valence-electron chi connectivity index (χ3n) is 7.71. The van der Waals surface area contributed by atoms with Gasteiger partial charge in [-0.3, -0.25) is 0 Å². The van der Waals surface area contributed by atoms with Crippen LogP contribution in [0.2, 0.25) is 0 Å². The second-order valence-corrected chi connectivity index (χ2v) is 11.5. The molecule has 0 heterocycles. The van der Waals surface area contributed by atoms with Crippen molar-refractivity contribution in [3.05, 3.63) is 24.3 Å². The molecule has 0 unspecified atom stereocenters. The summed E-state index contributed by atoms with van der Waals surface area (Å²) in [5.74, 6) is 0. The minimum atomic E-state index is 0.765. The van der Waals surface area contributed by atoms with E-state index in [9.17, 15) is 0 Å². The van der Waals surface area contributed by atoms with Crippen LogP contribution in [0.4, 0.5) is 0 Å². The van der Waals surface area contributed by atoms with Gasteiger partial charge in [-0.15, -0.1) is 0 Å². The molecule has 0 saturated heterocycles. The fraction of sp³-hybridized carbons (Fsp3) is 0.889. The van der Waals surface area contributed by atoms with Gasteiger partial charge in [0.25, 0.3) is 0 Å². The summed E-state index contributed by atoms with van der Waals surface area (Å²) in [4.78, 5) is 0. The Morgan fingerprint density at radius 1 is 0.297 bits per heavy atom. The minimum absolute atomic E-state index is 0.765. The molecule has 0 atom stereocenters. The van der Waals surface area contributed by atoms with Crippen molar-refractivity contribution in [2.75, 3.05) is 13.2 Å². The second kappa shape index (κ2) is 35.4. The molecule has 37 heavy (non-hydrogen) atoms. The maximum Gasteiger partial charge on any atom is 0.0651 e. The van der Waals surface area contributed by atoms with Gasteiger partial charge in [-0.2, -0.15) is 0 Å². The van der Waals surface area contributed by atoms with Crippen LogP contribution in [0.25, 0.3) is 0 Å². The van der Waals surface area contributed by atoms with Crippen LogP contribution in [0.15, 0.2) is 24.3 Å². The largest absolute Gasteiger partial charge is 0.373 e. The number of ether oxygens (including phenoxy) is 1. The fourth-order valence-electron chi connectivity index (χ4n) is 5.14. The quantitative estimate of drug-likeness (QED) is 0.0635. The SMILES string of the molecule is CCCCCCCCCCCCCCCC=CCOCC=CCCCCCCCCCCCCCCC. The molecule has 0 saturated carbocycles. The van der Waals surface area contributed by atoms with Gasteiger partial charge in [-0.05, 0) is 25.7 Å². The molecule has 1 nitrogen and oxygen atoms in total. The van der Waals surface area contributed by atoms with Gasteiger partial charge in [0.15, 0.2) is 0 Å². The number of rotatable bonds is 32. The molecule has 0 fully saturated rings. The zero-order valence-corrected chi connectivity index (χ0v) is 25.9. The van der Waals surface area contributed by atoms with Crippen LogP contribution in [0.3, 0.4) is 0 Å². The maximum atomic E-state index is 5.70. The molecule has 1 heteroatoms. The number of hydrogen-bond acceptors (Lipinski definition) is 1. The minimum Gasteiger partial charge on any atom is -0.373 e. The molecule has 0 amide bonds. The van der Waals surface area contributed by atoms with Gasteiger partial charge in [0.1, 0.15) is 0 Å². The monoisotopic (exact) mass is 519 g/mol. The van der Waals surface area contributed by atoms with E-state index in [0.717, 1.165) is 13.2 Å². The zero-order valence-electron chi connectivity index (χ0n) is 25.9. The summed E-state index contributed by atoms with van der Waals surface area (Å²) in [6.45, 7) is 6.13. The first kappa shape index (κ1) is 36.4. The van der Waals surface area contributed by atoms with Crippen molar-refractivity contribution in [2.24, 2.45) is 0 Å². The average molecular weight is 519 g/mol. The first-order valence-electron chi connectivity index (χ1n) is 17.3. The Morgan fingerprint density at radius 3 is 0.811 bits per heavy atom. The van der Waals surface area contributed by atoms with E-state index in [2.05, 4.69) is 38.2 Å². The Kier molecular flexibility index (Phi) is 34.9. The molecule has 0 aromatic rings. The van der Waals surface area contributed by atoms with Gasteiger partial charge < -0.3 is 4.74 Å². The first-order valence-corrected chi connectivity index (χ1v) is 17.3. The van der Waals surface area contributed by atoms with E-state index in [1.165, 1.54) is 180 Å². The van der Waals surface area contributed by atoms with Crippen LogP contribution in [0, 0.1) is 0 Å². The molecule has 0 aliphatic rings. The van der Waals surface area contributed by atoms with Gasteiger partial charge in [-0.25, -0.2) is 0 Å². The molecule has 0 aliphatic carbocycles. The average Bonchev–Trinajstić information content (AvgIpc) is 2.91. The topological polar surface area (TPSA) is 9.23 Å². The highest BCUT2D eigenvalue weighted by Gasteiger charge is 1.95. The van der Waals surface area contributed by atoms with Gasteiger partial charge in [0, 0.05) is 0 Å². The van der Waals surface area contributed by atoms with Crippen LogP contribution in [0.5, 0.6) is 0 Å². The summed E-state index contributed by atoms with van der Waals surface area (Å²) in [6.07, 6.45) is 48.7. The molecule has 220 valence electrons. The Morgan fingerprint density at radius 2 is 0.541 bits per heavy atom. The molecule has 0 spiro atoms. The fourth-order valence-corrected chi connectivity index (χ4v) is 5.14. The van der Waals surface area contributed by atoms with Crippen LogP contribution in [0.1, 0.15) is 194 Å². The Balaban J connectivity index is 3.14. The van der Waals surface area contributed by atoms with Crippen molar-refractivity contribution in [3.8, 4) is 0 Å². The number of allylic oxidation sites excluding steroid dienone is 2. The van der Waals surface area contributed by atoms with Crippen molar-refractivity contribution >= 4 is 0 Å². The summed E-state index contributed by atoms with van der Waals surface area (Å²) >= 11 is 0. The van der Waals surface area contributed by atoms with Crippen LogP contribution in [-0.2, 0) is 4.74 Å². The molecule has 0 rings (SSSR count). The van der Waals surface area contributed by atoms with E-state index < -0.39 is 0 Å². The van der Waals surface area contributed by atoms with E-state index >= 15 is 0 Å². The summed E-state index contributed by atoms with van der Waals surface area (Å²) in [6, 6.07) is 0. The Bertz CT molecular complexity index is 398. The highest BCUT2D eigenvalue weighted by Crippen LogP contribution is 2.14. The van der Waals surface area contributed by atoms with Gasteiger partial charge in [0.2, 0.25) is 0 Å². The Labute approximate surface area is 235 Å². The lowest BCUT2D eigenvalue weighted by Crippen LogP contribution is -1.90. The predicted molar refractivity (Wildman–Crippen MR) is 170 cm³/mol. The third-order valence-corrected chi connectivity index (χ3v) is 7.71. The van der Waals surface area contributed by atoms with Crippen molar-refractivity contribution in [3.63, 3.8) is 0 Å². The van der Waals surface area contributed by atoms with Crippen molar-refractivity contribution in [1.82, 2.24) is 0 Å². The first-order chi connectivity index (χ1) is 18.4. The van der Waals surface area contributed by atoms with Crippen molar-refractivity contribution < 1.29 is 4.74 Å². The summed E-state index contributed by atoms with van der Waals surface area (Å²) in [5.41, 5.74) is 0. The Hall–Kier alpha value is -0.560. The van der Waals surface area contributed by atoms with E-state index in [-0.39, 0.29) is 0 Å².